The highest BCUT2D eigenvalue weighted by atomic mass is 32.2. The maximum atomic E-state index is 12.7. The van der Waals surface area contributed by atoms with Gasteiger partial charge in [-0.25, -0.2) is 13.1 Å². The fraction of sp³-hybridized carbons (Fsp3) is 0.350. The van der Waals surface area contributed by atoms with Gasteiger partial charge in [0.15, 0.2) is 0 Å². The van der Waals surface area contributed by atoms with E-state index in [1.807, 2.05) is 0 Å². The molecule has 0 heterocycles. The summed E-state index contributed by atoms with van der Waals surface area (Å²) >= 11 is 0. The lowest BCUT2D eigenvalue weighted by Gasteiger charge is -2.18. The Kier molecular flexibility index (Phi) is 6.00. The molecule has 0 spiro atoms. The van der Waals surface area contributed by atoms with Crippen molar-refractivity contribution in [2.75, 3.05) is 13.6 Å². The molecule has 1 aliphatic rings. The minimum Gasteiger partial charge on any atom is -0.337 e. The van der Waals surface area contributed by atoms with Gasteiger partial charge in [0.2, 0.25) is 10.0 Å². The third-order valence-corrected chi connectivity index (χ3v) is 6.12. The van der Waals surface area contributed by atoms with Gasteiger partial charge in [-0.2, -0.15) is 13.2 Å². The molecule has 0 aromatic heterocycles. The van der Waals surface area contributed by atoms with Crippen molar-refractivity contribution in [1.82, 2.24) is 9.62 Å². The summed E-state index contributed by atoms with van der Waals surface area (Å²) in [6.45, 7) is 0.474. The number of carbonyl (C=O) groups is 1. The summed E-state index contributed by atoms with van der Waals surface area (Å²) in [5.41, 5.74) is -0.0377. The summed E-state index contributed by atoms with van der Waals surface area (Å²) in [5, 5.41) is 0. The van der Waals surface area contributed by atoms with Crippen LogP contribution in [0.15, 0.2) is 53.4 Å². The number of rotatable bonds is 7. The van der Waals surface area contributed by atoms with E-state index in [0.29, 0.717) is 18.0 Å². The van der Waals surface area contributed by atoms with Crippen LogP contribution in [0.2, 0.25) is 0 Å². The summed E-state index contributed by atoms with van der Waals surface area (Å²) in [7, 11) is -2.20. The van der Waals surface area contributed by atoms with Crippen molar-refractivity contribution >= 4 is 15.9 Å². The van der Waals surface area contributed by atoms with Crippen LogP contribution in [0.5, 0.6) is 0 Å². The molecule has 1 amide bonds. The SMILES string of the molecule is CN(Cc1ccc(C(F)(F)F)cc1)C(=O)c1cccc(S(=O)(=O)NCC2CC2)c1. The maximum absolute atomic E-state index is 12.7. The fourth-order valence-corrected chi connectivity index (χ4v) is 3.96. The van der Waals surface area contributed by atoms with E-state index in [1.54, 1.807) is 0 Å². The molecule has 0 unspecified atom stereocenters. The number of amides is 1. The highest BCUT2D eigenvalue weighted by Gasteiger charge is 2.30. The zero-order chi connectivity index (χ0) is 21.2. The van der Waals surface area contributed by atoms with Gasteiger partial charge >= 0.3 is 6.18 Å². The van der Waals surface area contributed by atoms with E-state index in [9.17, 15) is 26.4 Å². The van der Waals surface area contributed by atoms with E-state index in [1.165, 1.54) is 48.3 Å². The minimum atomic E-state index is -4.42. The lowest BCUT2D eigenvalue weighted by atomic mass is 10.1. The molecule has 0 aliphatic heterocycles. The number of hydrogen-bond acceptors (Lipinski definition) is 3. The Morgan fingerprint density at radius 3 is 2.38 bits per heavy atom. The van der Waals surface area contributed by atoms with Crippen LogP contribution in [-0.4, -0.2) is 32.8 Å². The quantitative estimate of drug-likeness (QED) is 0.735. The van der Waals surface area contributed by atoms with Crippen LogP contribution in [0.4, 0.5) is 13.2 Å². The number of nitrogens with zero attached hydrogens (tertiary/aromatic N) is 1. The molecule has 3 rings (SSSR count). The third kappa shape index (κ3) is 5.57. The number of carbonyl (C=O) groups excluding carboxylic acids is 1. The monoisotopic (exact) mass is 426 g/mol. The van der Waals surface area contributed by atoms with Crippen LogP contribution in [0.25, 0.3) is 0 Å². The van der Waals surface area contributed by atoms with Crippen LogP contribution >= 0.6 is 0 Å². The first-order valence-corrected chi connectivity index (χ1v) is 10.6. The lowest BCUT2D eigenvalue weighted by Crippen LogP contribution is -2.28. The highest BCUT2D eigenvalue weighted by molar-refractivity contribution is 7.89. The molecule has 156 valence electrons. The molecule has 1 aliphatic carbocycles. The molecule has 2 aromatic rings. The Bertz CT molecular complexity index is 985. The normalized spacial score (nSPS) is 14.6. The molecule has 1 saturated carbocycles. The van der Waals surface area contributed by atoms with Crippen LogP contribution in [-0.2, 0) is 22.7 Å². The summed E-state index contributed by atoms with van der Waals surface area (Å²) in [5.74, 6) is -0.0476. The minimum absolute atomic E-state index is 0.00642. The van der Waals surface area contributed by atoms with Gasteiger partial charge in [-0.05, 0) is 54.7 Å². The molecule has 0 bridgehead atoms. The maximum Gasteiger partial charge on any atom is 0.416 e. The zero-order valence-electron chi connectivity index (χ0n) is 15.7. The number of benzene rings is 2. The topological polar surface area (TPSA) is 66.5 Å². The van der Waals surface area contributed by atoms with Gasteiger partial charge in [0.05, 0.1) is 10.5 Å². The predicted molar refractivity (Wildman–Crippen MR) is 102 cm³/mol. The number of hydrogen-bond donors (Lipinski definition) is 1. The first-order chi connectivity index (χ1) is 13.6. The average molecular weight is 426 g/mol. The smallest absolute Gasteiger partial charge is 0.337 e. The molecule has 0 atom stereocenters. The van der Waals surface area contributed by atoms with E-state index >= 15 is 0 Å². The Morgan fingerprint density at radius 2 is 1.79 bits per heavy atom. The predicted octanol–water partition coefficient (Wildman–Crippen LogP) is 3.67. The Morgan fingerprint density at radius 1 is 1.14 bits per heavy atom. The van der Waals surface area contributed by atoms with Crippen molar-refractivity contribution in [2.24, 2.45) is 5.92 Å². The van der Waals surface area contributed by atoms with Gasteiger partial charge in [0, 0.05) is 25.7 Å². The van der Waals surface area contributed by atoms with E-state index in [4.69, 9.17) is 0 Å². The Hall–Kier alpha value is -2.39. The van der Waals surface area contributed by atoms with Crippen molar-refractivity contribution in [3.63, 3.8) is 0 Å². The van der Waals surface area contributed by atoms with Gasteiger partial charge in [0.25, 0.3) is 5.91 Å². The average Bonchev–Trinajstić information content (AvgIpc) is 3.50. The van der Waals surface area contributed by atoms with Crippen molar-refractivity contribution in [3.8, 4) is 0 Å². The third-order valence-electron chi connectivity index (χ3n) is 4.70. The van der Waals surface area contributed by atoms with E-state index in [0.717, 1.165) is 25.0 Å². The van der Waals surface area contributed by atoms with Gasteiger partial charge in [-0.1, -0.05) is 18.2 Å². The van der Waals surface area contributed by atoms with Crippen molar-refractivity contribution in [3.05, 3.63) is 65.2 Å². The van der Waals surface area contributed by atoms with E-state index < -0.39 is 27.7 Å². The zero-order valence-corrected chi connectivity index (χ0v) is 16.6. The van der Waals surface area contributed by atoms with Crippen LogP contribution < -0.4 is 4.72 Å². The summed E-state index contributed by atoms with van der Waals surface area (Å²) in [6, 6.07) is 10.3. The molecular weight excluding hydrogens is 405 g/mol. The van der Waals surface area contributed by atoms with Gasteiger partial charge in [0.1, 0.15) is 0 Å². The second-order valence-electron chi connectivity index (χ2n) is 7.18. The Labute approximate surface area is 167 Å². The van der Waals surface area contributed by atoms with E-state index in [2.05, 4.69) is 4.72 Å². The van der Waals surface area contributed by atoms with Gasteiger partial charge in [-0.3, -0.25) is 4.79 Å². The molecule has 1 fully saturated rings. The first-order valence-electron chi connectivity index (χ1n) is 9.07. The molecular formula is C20H21F3N2O3S. The van der Waals surface area contributed by atoms with Crippen molar-refractivity contribution in [1.29, 1.82) is 0 Å². The van der Waals surface area contributed by atoms with Crippen LogP contribution in [0.1, 0.15) is 34.3 Å². The van der Waals surface area contributed by atoms with Crippen LogP contribution in [0, 0.1) is 5.92 Å². The first kappa shape index (κ1) is 21.3. The van der Waals surface area contributed by atoms with Crippen LogP contribution in [0.3, 0.4) is 0 Å². The second-order valence-corrected chi connectivity index (χ2v) is 8.95. The number of sulfonamides is 1. The molecule has 2 aromatic carbocycles. The summed E-state index contributed by atoms with van der Waals surface area (Å²) in [4.78, 5) is 14.0. The standard InChI is InChI=1S/C20H21F3N2O3S/c1-25(13-15-7-9-17(10-8-15)20(21,22)23)19(26)16-3-2-4-18(11-16)29(27,28)24-12-14-5-6-14/h2-4,7-11,14,24H,5-6,12-13H2,1H3. The molecule has 1 N–H and O–H groups in total. The molecule has 0 radical (unpaired) electrons. The van der Waals surface area contributed by atoms with Crippen molar-refractivity contribution < 1.29 is 26.4 Å². The molecule has 29 heavy (non-hydrogen) atoms. The summed E-state index contributed by atoms with van der Waals surface area (Å²) in [6.07, 6.45) is -2.40. The number of halogens is 3. The van der Waals surface area contributed by atoms with E-state index in [-0.39, 0.29) is 17.0 Å². The Balaban J connectivity index is 1.69. The molecule has 9 heteroatoms. The largest absolute Gasteiger partial charge is 0.416 e. The highest BCUT2D eigenvalue weighted by Crippen LogP contribution is 2.29. The molecule has 0 saturated heterocycles. The second kappa shape index (κ2) is 8.16. The number of alkyl halides is 3. The fourth-order valence-electron chi connectivity index (χ4n) is 2.79. The lowest BCUT2D eigenvalue weighted by molar-refractivity contribution is -0.137. The van der Waals surface area contributed by atoms with Crippen molar-refractivity contribution in [2.45, 2.75) is 30.5 Å². The molecule has 5 nitrogen and oxygen atoms in total. The number of nitrogens with one attached hydrogen (secondary N) is 1. The van der Waals surface area contributed by atoms with Gasteiger partial charge < -0.3 is 4.90 Å². The van der Waals surface area contributed by atoms with Gasteiger partial charge in [-0.15, -0.1) is 0 Å². The summed E-state index contributed by atoms with van der Waals surface area (Å²) < 4.78 is 65.3.